The third kappa shape index (κ3) is 3.91. The summed E-state index contributed by atoms with van der Waals surface area (Å²) in [5.74, 6) is -0.648. The highest BCUT2D eigenvalue weighted by Gasteiger charge is 2.23. The number of aromatic nitrogens is 2. The lowest BCUT2D eigenvalue weighted by Gasteiger charge is -2.07. The van der Waals surface area contributed by atoms with Gasteiger partial charge in [-0.05, 0) is 42.7 Å². The predicted octanol–water partition coefficient (Wildman–Crippen LogP) is 3.35. The first-order valence-electron chi connectivity index (χ1n) is 8.68. The second kappa shape index (κ2) is 7.47. The molecule has 0 fully saturated rings. The maximum Gasteiger partial charge on any atom is 0.344 e. The van der Waals surface area contributed by atoms with E-state index in [1.807, 2.05) is 19.1 Å². The lowest BCUT2D eigenvalue weighted by Crippen LogP contribution is -2.17. The van der Waals surface area contributed by atoms with Gasteiger partial charge >= 0.3 is 5.97 Å². The molecule has 0 saturated heterocycles. The summed E-state index contributed by atoms with van der Waals surface area (Å²) in [6.07, 6.45) is 0. The number of nitrogens with two attached hydrogens (primary N) is 1. The van der Waals surface area contributed by atoms with Crippen molar-refractivity contribution in [1.29, 1.82) is 0 Å². The van der Waals surface area contributed by atoms with E-state index in [-0.39, 0.29) is 16.6 Å². The van der Waals surface area contributed by atoms with Gasteiger partial charge in [-0.3, -0.25) is 0 Å². The van der Waals surface area contributed by atoms with Gasteiger partial charge in [0.1, 0.15) is 5.82 Å². The van der Waals surface area contributed by atoms with E-state index >= 15 is 0 Å². The second-order valence-corrected chi connectivity index (χ2v) is 8.50. The van der Waals surface area contributed by atoms with Crippen LogP contribution in [0.5, 0.6) is 5.88 Å². The Hall–Kier alpha value is -3.13. The van der Waals surface area contributed by atoms with Crippen LogP contribution in [0.2, 0.25) is 0 Å². The van der Waals surface area contributed by atoms with Gasteiger partial charge in [0.25, 0.3) is 10.0 Å². The van der Waals surface area contributed by atoms with Gasteiger partial charge in [0.05, 0.1) is 10.5 Å². The molecular weight excluding hydrogens is 378 g/mol. The molecule has 0 atom stereocenters. The summed E-state index contributed by atoms with van der Waals surface area (Å²) < 4.78 is 31.3. The van der Waals surface area contributed by atoms with Gasteiger partial charge in [0.2, 0.25) is 5.88 Å². The Morgan fingerprint density at radius 1 is 1.07 bits per heavy atom. The van der Waals surface area contributed by atoms with Gasteiger partial charge < -0.3 is 10.5 Å². The van der Waals surface area contributed by atoms with E-state index in [2.05, 4.69) is 18.9 Å². The van der Waals surface area contributed by atoms with E-state index in [0.29, 0.717) is 15.6 Å². The SMILES string of the molecule is Cc1ccc(S(=O)(=O)n2nc(OC(=O)c3ccc(C(C)C)cc3)cc2N)cc1. The fraction of sp³-hybridized carbons (Fsp3) is 0.200. The summed E-state index contributed by atoms with van der Waals surface area (Å²) >= 11 is 0. The van der Waals surface area contributed by atoms with Crippen LogP contribution in [0.1, 0.15) is 41.3 Å². The summed E-state index contributed by atoms with van der Waals surface area (Å²) in [7, 11) is -3.99. The summed E-state index contributed by atoms with van der Waals surface area (Å²) in [5, 5.41) is 3.85. The quantitative estimate of drug-likeness (QED) is 0.660. The molecule has 2 aromatic carbocycles. The first-order valence-corrected chi connectivity index (χ1v) is 10.1. The lowest BCUT2D eigenvalue weighted by atomic mass is 10.0. The molecule has 0 radical (unpaired) electrons. The van der Waals surface area contributed by atoms with Crippen LogP contribution >= 0.6 is 0 Å². The van der Waals surface area contributed by atoms with Crippen molar-refractivity contribution in [1.82, 2.24) is 9.19 Å². The summed E-state index contributed by atoms with van der Waals surface area (Å²) in [6, 6.07) is 14.5. The molecule has 0 amide bonds. The molecule has 2 N–H and O–H groups in total. The van der Waals surface area contributed by atoms with Crippen LogP contribution in [-0.4, -0.2) is 23.6 Å². The summed E-state index contributed by atoms with van der Waals surface area (Å²) in [4.78, 5) is 12.3. The van der Waals surface area contributed by atoms with Crippen LogP contribution in [0.15, 0.2) is 59.5 Å². The monoisotopic (exact) mass is 399 g/mol. The van der Waals surface area contributed by atoms with E-state index in [9.17, 15) is 13.2 Å². The zero-order valence-corrected chi connectivity index (χ0v) is 16.6. The number of aryl methyl sites for hydroxylation is 1. The van der Waals surface area contributed by atoms with E-state index in [1.165, 1.54) is 18.2 Å². The fourth-order valence-corrected chi connectivity index (χ4v) is 3.77. The number of nitrogens with zero attached hydrogens (tertiary/aromatic N) is 2. The van der Waals surface area contributed by atoms with Crippen LogP contribution in [0.25, 0.3) is 0 Å². The Labute approximate surface area is 163 Å². The normalized spacial score (nSPS) is 11.6. The molecule has 0 saturated carbocycles. The molecule has 7 nitrogen and oxygen atoms in total. The molecule has 3 aromatic rings. The third-order valence-corrected chi connectivity index (χ3v) is 5.85. The van der Waals surface area contributed by atoms with Crippen molar-refractivity contribution in [3.8, 4) is 5.88 Å². The molecule has 3 rings (SSSR count). The number of carbonyl (C=O) groups is 1. The Morgan fingerprint density at radius 3 is 2.25 bits per heavy atom. The van der Waals surface area contributed by atoms with E-state index < -0.39 is 16.0 Å². The van der Waals surface area contributed by atoms with E-state index in [0.717, 1.165) is 11.1 Å². The lowest BCUT2D eigenvalue weighted by molar-refractivity contribution is 0.0727. The van der Waals surface area contributed by atoms with Crippen LogP contribution in [-0.2, 0) is 10.0 Å². The van der Waals surface area contributed by atoms with Crippen molar-refractivity contribution in [3.63, 3.8) is 0 Å². The molecule has 8 heteroatoms. The Bertz CT molecular complexity index is 1100. The van der Waals surface area contributed by atoms with Crippen molar-refractivity contribution in [3.05, 3.63) is 71.3 Å². The number of rotatable bonds is 5. The number of hydrogen-bond acceptors (Lipinski definition) is 6. The second-order valence-electron chi connectivity index (χ2n) is 6.73. The number of ether oxygens (including phenoxy) is 1. The Morgan fingerprint density at radius 2 is 1.68 bits per heavy atom. The number of esters is 1. The first-order chi connectivity index (χ1) is 13.2. The number of anilines is 1. The van der Waals surface area contributed by atoms with Gasteiger partial charge in [-0.2, -0.15) is 8.42 Å². The molecule has 0 spiro atoms. The molecule has 1 heterocycles. The molecule has 0 unspecified atom stereocenters. The summed E-state index contributed by atoms with van der Waals surface area (Å²) in [5.41, 5.74) is 8.14. The molecule has 1 aromatic heterocycles. The van der Waals surface area contributed by atoms with Gasteiger partial charge in [-0.15, -0.1) is 9.19 Å². The topological polar surface area (TPSA) is 104 Å². The molecule has 0 aliphatic heterocycles. The molecule has 146 valence electrons. The van der Waals surface area contributed by atoms with Gasteiger partial charge in [-0.1, -0.05) is 43.7 Å². The van der Waals surface area contributed by atoms with Crippen LogP contribution in [0.4, 0.5) is 5.82 Å². The fourth-order valence-electron chi connectivity index (χ4n) is 2.57. The van der Waals surface area contributed by atoms with Crippen molar-refractivity contribution in [2.45, 2.75) is 31.6 Å². The Kier molecular flexibility index (Phi) is 5.24. The average Bonchev–Trinajstić information content (AvgIpc) is 3.03. The third-order valence-electron chi connectivity index (χ3n) is 4.24. The van der Waals surface area contributed by atoms with Crippen LogP contribution < -0.4 is 10.5 Å². The predicted molar refractivity (Wildman–Crippen MR) is 106 cm³/mol. The van der Waals surface area contributed by atoms with Crippen molar-refractivity contribution < 1.29 is 17.9 Å². The van der Waals surface area contributed by atoms with Crippen LogP contribution in [0.3, 0.4) is 0 Å². The largest absolute Gasteiger partial charge is 0.402 e. The number of hydrogen-bond donors (Lipinski definition) is 1. The molecule has 28 heavy (non-hydrogen) atoms. The molecule has 0 aliphatic rings. The molecule has 0 aliphatic carbocycles. The molecular formula is C20H21N3O4S. The van der Waals surface area contributed by atoms with Crippen molar-refractivity contribution in [2.75, 3.05) is 5.73 Å². The highest BCUT2D eigenvalue weighted by atomic mass is 32.2. The zero-order valence-electron chi connectivity index (χ0n) is 15.8. The van der Waals surface area contributed by atoms with E-state index in [1.54, 1.807) is 24.3 Å². The van der Waals surface area contributed by atoms with Crippen LogP contribution in [0, 0.1) is 6.92 Å². The minimum atomic E-state index is -3.99. The maximum atomic E-state index is 12.7. The zero-order chi connectivity index (χ0) is 20.5. The minimum absolute atomic E-state index is 0.0371. The van der Waals surface area contributed by atoms with E-state index in [4.69, 9.17) is 10.5 Å². The smallest absolute Gasteiger partial charge is 0.344 e. The average molecular weight is 399 g/mol. The maximum absolute atomic E-state index is 12.7. The van der Waals surface area contributed by atoms with Gasteiger partial charge in [-0.25, -0.2) is 4.79 Å². The van der Waals surface area contributed by atoms with Gasteiger partial charge in [0, 0.05) is 6.07 Å². The standard InChI is InChI=1S/C20H21N3O4S/c1-13(2)15-6-8-16(9-7-15)20(24)27-19-12-18(21)23(22-19)28(25,26)17-10-4-14(3)5-11-17/h4-13H,21H2,1-3H3. The number of nitrogen functional groups attached to an aromatic ring is 1. The highest BCUT2D eigenvalue weighted by Crippen LogP contribution is 2.22. The Balaban J connectivity index is 1.84. The first kappa shape index (κ1) is 19.6. The van der Waals surface area contributed by atoms with Crippen molar-refractivity contribution in [2.24, 2.45) is 0 Å². The minimum Gasteiger partial charge on any atom is -0.402 e. The highest BCUT2D eigenvalue weighted by molar-refractivity contribution is 7.90. The van der Waals surface area contributed by atoms with Crippen molar-refractivity contribution >= 4 is 21.8 Å². The number of carbonyl (C=O) groups excluding carboxylic acids is 1. The summed E-state index contributed by atoms with van der Waals surface area (Å²) in [6.45, 7) is 5.96. The number of benzene rings is 2. The van der Waals surface area contributed by atoms with Gasteiger partial charge in [0.15, 0.2) is 0 Å². The molecule has 0 bridgehead atoms.